The van der Waals surface area contributed by atoms with Gasteiger partial charge in [0.25, 0.3) is 0 Å². The Hall–Kier alpha value is -1.59. The Morgan fingerprint density at radius 3 is 2.47 bits per heavy atom. The molecule has 0 unspecified atom stereocenters. The number of fused-ring (bicyclic) bond motifs is 1. The number of ketones is 1. The van der Waals surface area contributed by atoms with Gasteiger partial charge in [-0.1, -0.05) is 44.2 Å². The quantitative estimate of drug-likeness (QED) is 0.519. The van der Waals surface area contributed by atoms with Gasteiger partial charge in [0.2, 0.25) is 6.79 Å². The number of likely N-dealkylation sites (tertiary alicyclic amines) is 1. The molecule has 0 radical (unpaired) electrons. The normalized spacial score (nSPS) is 27.6. The van der Waals surface area contributed by atoms with Crippen LogP contribution in [-0.2, 0) is 4.79 Å². The van der Waals surface area contributed by atoms with Crippen molar-refractivity contribution in [2.45, 2.75) is 101 Å². The molecule has 5 nitrogen and oxygen atoms in total. The van der Waals surface area contributed by atoms with E-state index in [9.17, 15) is 9.90 Å². The fourth-order valence-corrected chi connectivity index (χ4v) is 6.98. The van der Waals surface area contributed by atoms with Crippen molar-refractivity contribution in [2.75, 3.05) is 26.4 Å². The molecule has 2 aliphatic carbocycles. The summed E-state index contributed by atoms with van der Waals surface area (Å²) in [5.41, 5.74) is 0.638. The summed E-state index contributed by atoms with van der Waals surface area (Å²) in [5, 5.41) is 10.7. The van der Waals surface area contributed by atoms with Crippen LogP contribution >= 0.6 is 0 Å². The number of benzene rings is 1. The number of aliphatic hydroxyl groups is 1. The number of ether oxygens (including phenoxy) is 2. The molecule has 1 aromatic carbocycles. The van der Waals surface area contributed by atoms with Gasteiger partial charge < -0.3 is 19.5 Å². The van der Waals surface area contributed by atoms with E-state index < -0.39 is 5.60 Å². The first kappa shape index (κ1) is 24.1. The van der Waals surface area contributed by atoms with Crippen LogP contribution in [0.2, 0.25) is 0 Å². The zero-order valence-corrected chi connectivity index (χ0v) is 20.8. The molecule has 4 aliphatic rings. The Morgan fingerprint density at radius 2 is 1.71 bits per heavy atom. The molecule has 5 rings (SSSR count). The summed E-state index contributed by atoms with van der Waals surface area (Å²) < 4.78 is 11.3. The van der Waals surface area contributed by atoms with Gasteiger partial charge in [-0.25, -0.2) is 0 Å². The van der Waals surface area contributed by atoms with Gasteiger partial charge in [0.15, 0.2) is 11.5 Å². The number of rotatable bonds is 8. The third-order valence-electron chi connectivity index (χ3n) is 9.10. The third kappa shape index (κ3) is 5.96. The fourth-order valence-electron chi connectivity index (χ4n) is 6.98. The molecular formula is C29H43NO4. The van der Waals surface area contributed by atoms with Crippen LogP contribution in [0.4, 0.5) is 0 Å². The Morgan fingerprint density at radius 1 is 0.971 bits per heavy atom. The van der Waals surface area contributed by atoms with Crippen molar-refractivity contribution in [1.29, 1.82) is 0 Å². The van der Waals surface area contributed by atoms with Crippen LogP contribution in [0.5, 0.6) is 11.5 Å². The van der Waals surface area contributed by atoms with Gasteiger partial charge in [0.05, 0.1) is 5.60 Å². The monoisotopic (exact) mass is 469 g/mol. The molecular weight excluding hydrogens is 426 g/mol. The van der Waals surface area contributed by atoms with Crippen LogP contribution in [0.3, 0.4) is 0 Å². The zero-order valence-electron chi connectivity index (χ0n) is 20.8. The van der Waals surface area contributed by atoms with Gasteiger partial charge >= 0.3 is 0 Å². The number of carbonyl (C=O) groups is 1. The van der Waals surface area contributed by atoms with Crippen molar-refractivity contribution in [2.24, 2.45) is 11.8 Å². The van der Waals surface area contributed by atoms with Crippen molar-refractivity contribution in [3.05, 3.63) is 23.8 Å². The second-order valence-electron chi connectivity index (χ2n) is 11.6. The molecule has 188 valence electrons. The Labute approximate surface area is 205 Å². The Balaban J connectivity index is 0.988. The lowest BCUT2D eigenvalue weighted by Gasteiger charge is -2.35. The average Bonchev–Trinajstić information content (AvgIpc) is 3.33. The van der Waals surface area contributed by atoms with E-state index in [4.69, 9.17) is 9.47 Å². The molecule has 5 heteroatoms. The van der Waals surface area contributed by atoms with Gasteiger partial charge in [-0.2, -0.15) is 0 Å². The molecule has 2 heterocycles. The summed E-state index contributed by atoms with van der Waals surface area (Å²) in [6, 6.07) is 6.31. The Kier molecular flexibility index (Phi) is 7.80. The van der Waals surface area contributed by atoms with Crippen LogP contribution in [0.15, 0.2) is 18.2 Å². The Bertz CT molecular complexity index is 817. The van der Waals surface area contributed by atoms with Gasteiger partial charge in [0, 0.05) is 18.4 Å². The number of piperidine rings is 1. The molecule has 1 aromatic rings. The number of carbonyl (C=O) groups excluding carboxylic acids is 1. The number of nitrogens with zero attached hydrogens (tertiary/aromatic N) is 1. The smallest absolute Gasteiger partial charge is 0.231 e. The standard InChI is InChI=1S/C29H43NO4/c31-25(20-29(32)14-2-1-3-15-29)19-23-9-7-22(8-10-23)11-16-30-17-12-24(13-18-30)26-5-4-6-27-28(26)34-21-33-27/h4-6,22-24,32H,1-3,7-21H2. The van der Waals surface area contributed by atoms with Crippen LogP contribution in [0.25, 0.3) is 0 Å². The first-order chi connectivity index (χ1) is 16.6. The molecule has 0 aromatic heterocycles. The number of hydrogen-bond acceptors (Lipinski definition) is 5. The number of hydrogen-bond donors (Lipinski definition) is 1. The number of para-hydroxylation sites is 1. The minimum absolute atomic E-state index is 0.303. The largest absolute Gasteiger partial charge is 0.454 e. The van der Waals surface area contributed by atoms with Crippen molar-refractivity contribution >= 4 is 5.78 Å². The van der Waals surface area contributed by atoms with E-state index in [-0.39, 0.29) is 0 Å². The SMILES string of the molecule is O=C(CC1CCC(CCN2CCC(c3cccc4c3OCO4)CC2)CC1)CC1(O)CCCCC1. The maximum atomic E-state index is 12.6. The van der Waals surface area contributed by atoms with Crippen molar-refractivity contribution in [3.8, 4) is 11.5 Å². The molecule has 2 saturated carbocycles. The second kappa shape index (κ2) is 11.0. The third-order valence-corrected chi connectivity index (χ3v) is 9.10. The lowest BCUT2D eigenvalue weighted by molar-refractivity contribution is -0.126. The average molecular weight is 470 g/mol. The van der Waals surface area contributed by atoms with E-state index in [1.807, 2.05) is 6.07 Å². The van der Waals surface area contributed by atoms with Crippen molar-refractivity contribution in [3.63, 3.8) is 0 Å². The maximum absolute atomic E-state index is 12.6. The highest BCUT2D eigenvalue weighted by atomic mass is 16.7. The van der Waals surface area contributed by atoms with Crippen LogP contribution < -0.4 is 9.47 Å². The van der Waals surface area contributed by atoms with Gasteiger partial charge in [-0.15, -0.1) is 0 Å². The molecule has 0 bridgehead atoms. The highest BCUT2D eigenvalue weighted by molar-refractivity contribution is 5.79. The molecule has 1 saturated heterocycles. The summed E-state index contributed by atoms with van der Waals surface area (Å²) >= 11 is 0. The minimum Gasteiger partial charge on any atom is -0.454 e. The van der Waals surface area contributed by atoms with Crippen molar-refractivity contribution in [1.82, 2.24) is 4.90 Å². The van der Waals surface area contributed by atoms with E-state index in [0.717, 1.165) is 43.1 Å². The fraction of sp³-hybridized carbons (Fsp3) is 0.759. The summed E-state index contributed by atoms with van der Waals surface area (Å²) in [4.78, 5) is 15.3. The molecule has 1 N–H and O–H groups in total. The molecule has 0 amide bonds. The van der Waals surface area contributed by atoms with E-state index in [2.05, 4.69) is 17.0 Å². The molecule has 0 spiro atoms. The first-order valence-corrected chi connectivity index (χ1v) is 13.9. The molecule has 2 aliphatic heterocycles. The van der Waals surface area contributed by atoms with Crippen molar-refractivity contribution < 1.29 is 19.4 Å². The second-order valence-corrected chi connectivity index (χ2v) is 11.6. The number of Topliss-reactive ketones (excluding diaryl/α,β-unsaturated/α-hetero) is 1. The van der Waals surface area contributed by atoms with Gasteiger partial charge in [-0.3, -0.25) is 4.79 Å². The van der Waals surface area contributed by atoms with E-state index >= 15 is 0 Å². The molecule has 3 fully saturated rings. The van der Waals surface area contributed by atoms with Gasteiger partial charge in [-0.05, 0) is 88.4 Å². The summed E-state index contributed by atoms with van der Waals surface area (Å²) in [6.45, 7) is 3.90. The van der Waals surface area contributed by atoms with Gasteiger partial charge in [0.1, 0.15) is 5.78 Å². The highest BCUT2D eigenvalue weighted by Crippen LogP contribution is 2.42. The van der Waals surface area contributed by atoms with Crippen LogP contribution in [0.1, 0.15) is 101 Å². The maximum Gasteiger partial charge on any atom is 0.231 e. The van der Waals surface area contributed by atoms with Crippen LogP contribution in [0, 0.1) is 11.8 Å². The van der Waals surface area contributed by atoms with E-state index in [1.165, 1.54) is 76.6 Å². The summed E-state index contributed by atoms with van der Waals surface area (Å²) in [6.07, 6.45) is 14.7. The highest BCUT2D eigenvalue weighted by Gasteiger charge is 2.33. The van der Waals surface area contributed by atoms with E-state index in [0.29, 0.717) is 37.3 Å². The topological polar surface area (TPSA) is 59.0 Å². The van der Waals surface area contributed by atoms with Crippen LogP contribution in [-0.4, -0.2) is 47.8 Å². The summed E-state index contributed by atoms with van der Waals surface area (Å²) in [7, 11) is 0. The summed E-state index contributed by atoms with van der Waals surface area (Å²) in [5.74, 6) is 4.12. The lowest BCUT2D eigenvalue weighted by Crippen LogP contribution is -2.35. The lowest BCUT2D eigenvalue weighted by atomic mass is 9.76. The predicted molar refractivity (Wildman–Crippen MR) is 133 cm³/mol. The zero-order chi connectivity index (χ0) is 23.4. The molecule has 34 heavy (non-hydrogen) atoms. The first-order valence-electron chi connectivity index (χ1n) is 13.9. The predicted octanol–water partition coefficient (Wildman–Crippen LogP) is 5.84. The minimum atomic E-state index is -0.693. The molecule has 0 atom stereocenters. The van der Waals surface area contributed by atoms with E-state index in [1.54, 1.807) is 0 Å².